The molecule has 2 rings (SSSR count). The summed E-state index contributed by atoms with van der Waals surface area (Å²) in [5, 5.41) is 4.26. The zero-order valence-electron chi connectivity index (χ0n) is 10.9. The van der Waals surface area contributed by atoms with Gasteiger partial charge >= 0.3 is 0 Å². The van der Waals surface area contributed by atoms with Crippen molar-refractivity contribution in [3.05, 3.63) is 29.3 Å². The molecule has 1 aliphatic carbocycles. The van der Waals surface area contributed by atoms with Gasteiger partial charge in [-0.25, -0.2) is 0 Å². The van der Waals surface area contributed by atoms with E-state index in [9.17, 15) is 0 Å². The molecule has 1 aromatic carbocycles. The van der Waals surface area contributed by atoms with Gasteiger partial charge in [-0.3, -0.25) is 0 Å². The van der Waals surface area contributed by atoms with Crippen molar-refractivity contribution in [3.63, 3.8) is 0 Å². The van der Waals surface area contributed by atoms with Crippen LogP contribution in [0.1, 0.15) is 38.5 Å². The van der Waals surface area contributed by atoms with Crippen molar-refractivity contribution in [2.24, 2.45) is 11.7 Å². The SMILES string of the molecule is NCC(CC1CCCCC1)Nc1ccccc1Cl. The first-order chi connectivity index (χ1) is 8.79. The topological polar surface area (TPSA) is 38.0 Å². The molecule has 2 nitrogen and oxygen atoms in total. The molecule has 0 amide bonds. The van der Waals surface area contributed by atoms with Gasteiger partial charge in [0.2, 0.25) is 0 Å². The van der Waals surface area contributed by atoms with Crippen LogP contribution in [0.25, 0.3) is 0 Å². The molecular weight excluding hydrogens is 244 g/mol. The molecule has 100 valence electrons. The third-order valence-electron chi connectivity index (χ3n) is 3.86. The maximum atomic E-state index is 6.16. The lowest BCUT2D eigenvalue weighted by Crippen LogP contribution is -2.31. The summed E-state index contributed by atoms with van der Waals surface area (Å²) >= 11 is 6.16. The van der Waals surface area contributed by atoms with Crippen molar-refractivity contribution < 1.29 is 0 Å². The molecule has 1 unspecified atom stereocenters. The highest BCUT2D eigenvalue weighted by molar-refractivity contribution is 6.33. The van der Waals surface area contributed by atoms with Gasteiger partial charge in [0.25, 0.3) is 0 Å². The molecule has 1 aliphatic rings. The smallest absolute Gasteiger partial charge is 0.0637 e. The van der Waals surface area contributed by atoms with E-state index in [2.05, 4.69) is 5.32 Å². The molecule has 18 heavy (non-hydrogen) atoms. The fourth-order valence-electron chi connectivity index (χ4n) is 2.84. The molecule has 0 aromatic heterocycles. The lowest BCUT2D eigenvalue weighted by atomic mass is 9.85. The summed E-state index contributed by atoms with van der Waals surface area (Å²) < 4.78 is 0. The van der Waals surface area contributed by atoms with E-state index in [-0.39, 0.29) is 0 Å². The number of hydrogen-bond acceptors (Lipinski definition) is 2. The van der Waals surface area contributed by atoms with Crippen LogP contribution >= 0.6 is 11.6 Å². The standard InChI is InChI=1S/C15H23ClN2/c16-14-8-4-5-9-15(14)18-13(11-17)10-12-6-2-1-3-7-12/h4-5,8-9,12-13,18H,1-3,6-7,10-11,17H2. The van der Waals surface area contributed by atoms with Crippen molar-refractivity contribution in [3.8, 4) is 0 Å². The zero-order chi connectivity index (χ0) is 12.8. The molecule has 0 aliphatic heterocycles. The van der Waals surface area contributed by atoms with Crippen LogP contribution < -0.4 is 11.1 Å². The summed E-state index contributed by atoms with van der Waals surface area (Å²) in [6.07, 6.45) is 8.06. The number of anilines is 1. The summed E-state index contributed by atoms with van der Waals surface area (Å²) in [6.45, 7) is 0.668. The summed E-state index contributed by atoms with van der Waals surface area (Å²) in [5.74, 6) is 0.835. The molecule has 1 atom stereocenters. The lowest BCUT2D eigenvalue weighted by Gasteiger charge is -2.27. The second-order valence-corrected chi connectivity index (χ2v) is 5.70. The summed E-state index contributed by atoms with van der Waals surface area (Å²) in [5.41, 5.74) is 6.89. The Morgan fingerprint density at radius 1 is 1.22 bits per heavy atom. The van der Waals surface area contributed by atoms with Crippen LogP contribution in [0.2, 0.25) is 5.02 Å². The van der Waals surface area contributed by atoms with Crippen molar-refractivity contribution in [2.45, 2.75) is 44.6 Å². The van der Waals surface area contributed by atoms with Crippen LogP contribution in [-0.4, -0.2) is 12.6 Å². The van der Waals surface area contributed by atoms with Crippen LogP contribution in [0.4, 0.5) is 5.69 Å². The predicted octanol–water partition coefficient (Wildman–Crippen LogP) is 4.05. The van der Waals surface area contributed by atoms with Crippen LogP contribution in [0.5, 0.6) is 0 Å². The second-order valence-electron chi connectivity index (χ2n) is 5.30. The molecule has 0 saturated heterocycles. The van der Waals surface area contributed by atoms with E-state index in [1.165, 1.54) is 38.5 Å². The summed E-state index contributed by atoms with van der Waals surface area (Å²) in [7, 11) is 0. The molecule has 1 fully saturated rings. The van der Waals surface area contributed by atoms with E-state index < -0.39 is 0 Å². The van der Waals surface area contributed by atoms with E-state index in [1.807, 2.05) is 24.3 Å². The van der Waals surface area contributed by atoms with Gasteiger partial charge in [0.15, 0.2) is 0 Å². The first-order valence-corrected chi connectivity index (χ1v) is 7.38. The Kier molecular flexibility index (Phi) is 5.33. The van der Waals surface area contributed by atoms with Gasteiger partial charge in [-0.05, 0) is 24.5 Å². The molecule has 0 heterocycles. The van der Waals surface area contributed by atoms with Crippen molar-refractivity contribution in [1.82, 2.24) is 0 Å². The monoisotopic (exact) mass is 266 g/mol. The first kappa shape index (κ1) is 13.7. The maximum absolute atomic E-state index is 6.16. The van der Waals surface area contributed by atoms with E-state index in [0.717, 1.165) is 16.6 Å². The maximum Gasteiger partial charge on any atom is 0.0637 e. The Bertz CT molecular complexity index is 361. The molecule has 1 saturated carbocycles. The molecular formula is C15H23ClN2. The van der Waals surface area contributed by atoms with Gasteiger partial charge in [0, 0.05) is 12.6 Å². The Morgan fingerprint density at radius 2 is 1.94 bits per heavy atom. The number of para-hydroxylation sites is 1. The Labute approximate surface area is 115 Å². The Balaban J connectivity index is 1.90. The van der Waals surface area contributed by atoms with Gasteiger partial charge in [-0.15, -0.1) is 0 Å². The number of nitrogens with two attached hydrogens (primary N) is 1. The van der Waals surface area contributed by atoms with Crippen molar-refractivity contribution >= 4 is 17.3 Å². The van der Waals surface area contributed by atoms with Crippen molar-refractivity contribution in [1.29, 1.82) is 0 Å². The minimum absolute atomic E-state index is 0.341. The van der Waals surface area contributed by atoms with Crippen LogP contribution in [0, 0.1) is 5.92 Å². The molecule has 0 bridgehead atoms. The Hall–Kier alpha value is -0.730. The average Bonchev–Trinajstić information content (AvgIpc) is 2.41. The van der Waals surface area contributed by atoms with Gasteiger partial charge in [-0.1, -0.05) is 55.8 Å². The third kappa shape index (κ3) is 3.89. The number of benzene rings is 1. The molecule has 0 radical (unpaired) electrons. The average molecular weight is 267 g/mol. The fraction of sp³-hybridized carbons (Fsp3) is 0.600. The fourth-order valence-corrected chi connectivity index (χ4v) is 3.03. The highest BCUT2D eigenvalue weighted by Crippen LogP contribution is 2.29. The third-order valence-corrected chi connectivity index (χ3v) is 4.19. The molecule has 3 N–H and O–H groups in total. The number of rotatable bonds is 5. The number of nitrogens with one attached hydrogen (secondary N) is 1. The van der Waals surface area contributed by atoms with E-state index in [0.29, 0.717) is 12.6 Å². The van der Waals surface area contributed by atoms with Gasteiger partial charge in [0.1, 0.15) is 0 Å². The second kappa shape index (κ2) is 7.01. The van der Waals surface area contributed by atoms with Gasteiger partial charge in [0.05, 0.1) is 10.7 Å². The highest BCUT2D eigenvalue weighted by atomic mass is 35.5. The molecule has 0 spiro atoms. The molecule has 1 aromatic rings. The first-order valence-electron chi connectivity index (χ1n) is 7.00. The zero-order valence-corrected chi connectivity index (χ0v) is 11.6. The minimum atomic E-state index is 0.341. The largest absolute Gasteiger partial charge is 0.380 e. The van der Waals surface area contributed by atoms with E-state index in [1.54, 1.807) is 0 Å². The number of halogens is 1. The Morgan fingerprint density at radius 3 is 2.61 bits per heavy atom. The van der Waals surface area contributed by atoms with Crippen LogP contribution in [0.3, 0.4) is 0 Å². The van der Waals surface area contributed by atoms with Gasteiger partial charge < -0.3 is 11.1 Å². The summed E-state index contributed by atoms with van der Waals surface area (Å²) in [6, 6.07) is 8.23. The predicted molar refractivity (Wildman–Crippen MR) is 79.1 cm³/mol. The van der Waals surface area contributed by atoms with E-state index >= 15 is 0 Å². The van der Waals surface area contributed by atoms with Crippen molar-refractivity contribution in [2.75, 3.05) is 11.9 Å². The van der Waals surface area contributed by atoms with Gasteiger partial charge in [-0.2, -0.15) is 0 Å². The van der Waals surface area contributed by atoms with Crippen LogP contribution in [-0.2, 0) is 0 Å². The summed E-state index contributed by atoms with van der Waals surface area (Å²) in [4.78, 5) is 0. The lowest BCUT2D eigenvalue weighted by molar-refractivity contribution is 0.324. The van der Waals surface area contributed by atoms with E-state index in [4.69, 9.17) is 17.3 Å². The highest BCUT2D eigenvalue weighted by Gasteiger charge is 2.18. The quantitative estimate of drug-likeness (QED) is 0.844. The molecule has 3 heteroatoms. The minimum Gasteiger partial charge on any atom is -0.380 e. The van der Waals surface area contributed by atoms with Crippen LogP contribution in [0.15, 0.2) is 24.3 Å². The number of hydrogen-bond donors (Lipinski definition) is 2. The normalized spacial score (nSPS) is 18.6.